The number of aromatic amines is 1. The summed E-state index contributed by atoms with van der Waals surface area (Å²) < 4.78 is 7.65. The highest BCUT2D eigenvalue weighted by Gasteiger charge is 2.45. The number of aromatic nitrogens is 2. The summed E-state index contributed by atoms with van der Waals surface area (Å²) in [5.41, 5.74) is 2.68. The van der Waals surface area contributed by atoms with E-state index in [1.165, 1.54) is 4.57 Å². The smallest absolute Gasteiger partial charge is 0.274 e. The van der Waals surface area contributed by atoms with Gasteiger partial charge in [0, 0.05) is 67.9 Å². The van der Waals surface area contributed by atoms with Crippen LogP contribution in [-0.4, -0.2) is 75.6 Å². The van der Waals surface area contributed by atoms with Crippen molar-refractivity contribution < 1.29 is 33.5 Å². The number of piperidine rings is 1. The number of ether oxygens (including phenoxy) is 1. The summed E-state index contributed by atoms with van der Waals surface area (Å²) in [6.07, 6.45) is 4.63. The second-order valence-electron chi connectivity index (χ2n) is 14.2. The van der Waals surface area contributed by atoms with Gasteiger partial charge in [0.2, 0.25) is 17.7 Å². The number of H-pyrrole nitrogens is 1. The Morgan fingerprint density at radius 1 is 0.793 bits per heavy atom. The number of para-hydroxylation sites is 2. The molecule has 5 N–H and O–H groups in total. The van der Waals surface area contributed by atoms with Crippen LogP contribution in [0.15, 0.2) is 89.9 Å². The number of benzene rings is 3. The van der Waals surface area contributed by atoms with Gasteiger partial charge in [-0.2, -0.15) is 0 Å². The zero-order valence-corrected chi connectivity index (χ0v) is 31.9. The molecule has 3 aromatic carbocycles. The summed E-state index contributed by atoms with van der Waals surface area (Å²) in [7, 11) is 1.66. The molecule has 2 aliphatic heterocycles. The number of fused-ring (bicyclic) bond motifs is 2. The maximum Gasteiger partial charge on any atom is 0.274 e. The molecule has 15 nitrogen and oxygen atoms in total. The normalized spacial score (nSPS) is 15.0. The number of nitrogens with zero attached hydrogens (tertiary/aromatic N) is 2. The number of carbonyl (C=O) groups excluding carboxylic acids is 6. The average Bonchev–Trinajstić information content (AvgIpc) is 3.78. The van der Waals surface area contributed by atoms with E-state index in [0.717, 1.165) is 16.0 Å². The fourth-order valence-electron chi connectivity index (χ4n) is 7.22. The lowest BCUT2D eigenvalue weighted by Crippen LogP contribution is -2.54. The summed E-state index contributed by atoms with van der Waals surface area (Å²) in [6.45, 7) is 1.28. The molecule has 7 rings (SSSR count). The fourth-order valence-corrected chi connectivity index (χ4v) is 7.22. The van der Waals surface area contributed by atoms with Crippen LogP contribution in [0.25, 0.3) is 22.0 Å². The van der Waals surface area contributed by atoms with Crippen molar-refractivity contribution in [1.29, 1.82) is 0 Å². The third-order valence-corrected chi connectivity index (χ3v) is 10.2. The minimum Gasteiger partial charge on any atom is -0.457 e. The first-order valence-corrected chi connectivity index (χ1v) is 19.3. The lowest BCUT2D eigenvalue weighted by molar-refractivity contribution is -0.136. The molecule has 58 heavy (non-hydrogen) atoms. The van der Waals surface area contributed by atoms with E-state index in [1.54, 1.807) is 37.5 Å². The number of amides is 6. The lowest BCUT2D eigenvalue weighted by Gasteiger charge is -2.27. The van der Waals surface area contributed by atoms with Crippen LogP contribution in [0.3, 0.4) is 0 Å². The molecule has 1 unspecified atom stereocenters. The van der Waals surface area contributed by atoms with E-state index >= 15 is 0 Å². The summed E-state index contributed by atoms with van der Waals surface area (Å²) in [5.74, 6) is -1.41. The molecule has 0 saturated carbocycles. The van der Waals surface area contributed by atoms with Gasteiger partial charge in [0.1, 0.15) is 28.8 Å². The van der Waals surface area contributed by atoms with Crippen molar-refractivity contribution in [3.8, 4) is 22.6 Å². The van der Waals surface area contributed by atoms with Gasteiger partial charge < -0.3 is 30.2 Å². The molecule has 0 radical (unpaired) electrons. The van der Waals surface area contributed by atoms with Gasteiger partial charge in [0.25, 0.3) is 23.3 Å². The van der Waals surface area contributed by atoms with E-state index < -0.39 is 29.7 Å². The minimum atomic E-state index is -1.03. The van der Waals surface area contributed by atoms with Crippen LogP contribution in [0.1, 0.15) is 76.2 Å². The molecular formula is C43H43N7O8. The molecule has 2 aromatic heterocycles. The Balaban J connectivity index is 0.836. The molecule has 6 amide bonds. The maximum absolute atomic E-state index is 13.3. The van der Waals surface area contributed by atoms with Gasteiger partial charge in [-0.05, 0) is 68.5 Å². The Hall–Kier alpha value is -7.03. The van der Waals surface area contributed by atoms with E-state index in [9.17, 15) is 33.6 Å². The number of hydrogen-bond donors (Lipinski definition) is 5. The molecule has 1 saturated heterocycles. The quantitative estimate of drug-likeness (QED) is 0.0699. The van der Waals surface area contributed by atoms with Crippen molar-refractivity contribution in [2.24, 2.45) is 7.05 Å². The predicted molar refractivity (Wildman–Crippen MR) is 216 cm³/mol. The van der Waals surface area contributed by atoms with Gasteiger partial charge in [0.15, 0.2) is 0 Å². The monoisotopic (exact) mass is 785 g/mol. The summed E-state index contributed by atoms with van der Waals surface area (Å²) in [6, 6.07) is 22.5. The summed E-state index contributed by atoms with van der Waals surface area (Å²) in [5, 5.41) is 11.8. The standard InChI is InChI=1S/C43H43N7O8/c1-49-25-30(27-14-5-6-17-34(27)58-26-12-3-2-4-13-26)29-24-32(47-38(29)43(49)57)39(53)46-23-8-7-18-35(51)45-22-10-9-21-44-31-16-11-15-28-37(31)42(56)50(41(28)55)33-19-20-36(52)48-40(33)54/h2-6,11-17,24-25,33,44,47H,7-10,18-23H2,1H3,(H,45,51)(H,46,53)(H,48,52,54). The second-order valence-corrected chi connectivity index (χ2v) is 14.2. The van der Waals surface area contributed by atoms with Crippen molar-refractivity contribution in [3.63, 3.8) is 0 Å². The van der Waals surface area contributed by atoms with Crippen LogP contribution in [0.2, 0.25) is 0 Å². The zero-order valence-electron chi connectivity index (χ0n) is 31.9. The van der Waals surface area contributed by atoms with Gasteiger partial charge in [-0.1, -0.05) is 42.5 Å². The SMILES string of the molecule is Cn1cc(-c2ccccc2Oc2ccccc2)c2cc(C(=O)NCCCCC(=O)NCCCCNc3cccc4c3C(=O)N(C3CCC(=O)NC3=O)C4=O)[nH]c2c1=O. The molecule has 5 aromatic rings. The third kappa shape index (κ3) is 8.38. The van der Waals surface area contributed by atoms with E-state index in [-0.39, 0.29) is 47.0 Å². The number of unbranched alkanes of at least 4 members (excludes halogenated alkanes) is 2. The molecule has 4 heterocycles. The van der Waals surface area contributed by atoms with E-state index in [2.05, 4.69) is 26.3 Å². The molecule has 2 aliphatic rings. The number of carbonyl (C=O) groups is 6. The van der Waals surface area contributed by atoms with Gasteiger partial charge in [-0.3, -0.25) is 43.8 Å². The first-order chi connectivity index (χ1) is 28.1. The van der Waals surface area contributed by atoms with E-state index in [0.29, 0.717) is 79.8 Å². The minimum absolute atomic E-state index is 0.0482. The molecule has 0 aliphatic carbocycles. The first kappa shape index (κ1) is 39.2. The molecule has 15 heteroatoms. The number of imide groups is 2. The largest absolute Gasteiger partial charge is 0.457 e. The molecule has 0 bridgehead atoms. The van der Waals surface area contributed by atoms with Crippen LogP contribution in [0, 0.1) is 0 Å². The number of aryl methyl sites for hydroxylation is 1. The predicted octanol–water partition coefficient (Wildman–Crippen LogP) is 4.64. The number of nitrogens with one attached hydrogen (secondary N) is 5. The second kappa shape index (κ2) is 17.4. The van der Waals surface area contributed by atoms with Crippen LogP contribution in [-0.2, 0) is 21.4 Å². The van der Waals surface area contributed by atoms with Crippen molar-refractivity contribution >= 4 is 52.0 Å². The Morgan fingerprint density at radius 3 is 2.33 bits per heavy atom. The first-order valence-electron chi connectivity index (χ1n) is 19.3. The molecule has 0 spiro atoms. The molecule has 1 fully saturated rings. The van der Waals surface area contributed by atoms with E-state index in [1.807, 2.05) is 54.6 Å². The highest BCUT2D eigenvalue weighted by atomic mass is 16.5. The van der Waals surface area contributed by atoms with Gasteiger partial charge in [-0.25, -0.2) is 0 Å². The van der Waals surface area contributed by atoms with E-state index in [4.69, 9.17) is 4.74 Å². The van der Waals surface area contributed by atoms with Crippen molar-refractivity contribution in [3.05, 3.63) is 112 Å². The Labute approximate surface area is 333 Å². The fraction of sp³-hybridized carbons (Fsp3) is 0.279. The van der Waals surface area contributed by atoms with Gasteiger partial charge in [0.05, 0.1) is 11.1 Å². The maximum atomic E-state index is 13.3. The molecule has 1 atom stereocenters. The highest BCUT2D eigenvalue weighted by molar-refractivity contribution is 6.25. The van der Waals surface area contributed by atoms with Crippen LogP contribution >= 0.6 is 0 Å². The topological polar surface area (TPSA) is 201 Å². The number of rotatable bonds is 16. The summed E-state index contributed by atoms with van der Waals surface area (Å²) >= 11 is 0. The number of pyridine rings is 1. The van der Waals surface area contributed by atoms with Gasteiger partial charge in [-0.15, -0.1) is 0 Å². The Bertz CT molecular complexity index is 2470. The van der Waals surface area contributed by atoms with Crippen molar-refractivity contribution in [2.75, 3.05) is 25.0 Å². The molecular weight excluding hydrogens is 743 g/mol. The summed E-state index contributed by atoms with van der Waals surface area (Å²) in [4.78, 5) is 92.9. The van der Waals surface area contributed by atoms with Crippen molar-refractivity contribution in [2.45, 2.75) is 51.0 Å². The lowest BCUT2D eigenvalue weighted by atomic mass is 10.0. The zero-order chi connectivity index (χ0) is 40.8. The molecule has 298 valence electrons. The van der Waals surface area contributed by atoms with Crippen molar-refractivity contribution in [1.82, 2.24) is 30.4 Å². The third-order valence-electron chi connectivity index (χ3n) is 10.2. The Kier molecular flexibility index (Phi) is 11.8. The highest BCUT2D eigenvalue weighted by Crippen LogP contribution is 2.37. The number of hydrogen-bond acceptors (Lipinski definition) is 9. The van der Waals surface area contributed by atoms with Gasteiger partial charge >= 0.3 is 0 Å². The number of anilines is 1. The Morgan fingerprint density at radius 2 is 1.52 bits per heavy atom. The average molecular weight is 786 g/mol. The van der Waals surface area contributed by atoms with Crippen LogP contribution in [0.4, 0.5) is 5.69 Å². The van der Waals surface area contributed by atoms with Crippen LogP contribution in [0.5, 0.6) is 11.5 Å². The van der Waals surface area contributed by atoms with Crippen LogP contribution < -0.4 is 31.6 Å².